The highest BCUT2D eigenvalue weighted by molar-refractivity contribution is 7.89. The Hall–Kier alpha value is -0.940. The van der Waals surface area contributed by atoms with Crippen molar-refractivity contribution in [2.45, 2.75) is 46.1 Å². The van der Waals surface area contributed by atoms with Crippen LogP contribution in [0.3, 0.4) is 0 Å². The van der Waals surface area contributed by atoms with Crippen molar-refractivity contribution in [3.05, 3.63) is 29.6 Å². The number of sulfonamides is 1. The largest absolute Gasteiger partial charge is 0.256 e. The summed E-state index contributed by atoms with van der Waals surface area (Å²) >= 11 is 0. The Morgan fingerprint density at radius 1 is 1.33 bits per heavy atom. The van der Waals surface area contributed by atoms with E-state index in [2.05, 4.69) is 9.71 Å². The van der Waals surface area contributed by atoms with E-state index in [1.807, 2.05) is 39.0 Å². The van der Waals surface area contributed by atoms with Crippen molar-refractivity contribution in [3.63, 3.8) is 0 Å². The maximum atomic E-state index is 11.9. The van der Waals surface area contributed by atoms with Crippen LogP contribution in [0.1, 0.15) is 50.5 Å². The fourth-order valence-electron chi connectivity index (χ4n) is 1.72. The van der Waals surface area contributed by atoms with Gasteiger partial charge in [0.1, 0.15) is 0 Å². The van der Waals surface area contributed by atoms with Gasteiger partial charge in [-0.25, -0.2) is 13.1 Å². The monoisotopic (exact) mass is 270 g/mol. The molecule has 0 amide bonds. The highest BCUT2D eigenvalue weighted by atomic mass is 32.2. The van der Waals surface area contributed by atoms with Crippen molar-refractivity contribution < 1.29 is 8.42 Å². The van der Waals surface area contributed by atoms with E-state index in [9.17, 15) is 8.42 Å². The number of hydrogen-bond acceptors (Lipinski definition) is 3. The molecule has 5 heteroatoms. The number of hydrogen-bond donors (Lipinski definition) is 1. The highest BCUT2D eigenvalue weighted by Gasteiger charge is 2.18. The Bertz CT molecular complexity index is 472. The zero-order chi connectivity index (χ0) is 13.6. The Kier molecular flexibility index (Phi) is 5.75. The number of aromatic nitrogens is 1. The molecule has 0 aliphatic rings. The van der Waals surface area contributed by atoms with Gasteiger partial charge in [-0.05, 0) is 31.9 Å². The first-order valence-electron chi connectivity index (χ1n) is 6.42. The summed E-state index contributed by atoms with van der Waals surface area (Å²) in [6.45, 7) is 5.84. The molecule has 4 nitrogen and oxygen atoms in total. The smallest absolute Gasteiger partial charge is 0.212 e. The fraction of sp³-hybridized carbons (Fsp3) is 0.615. The average Bonchev–Trinajstić information content (AvgIpc) is 2.33. The minimum absolute atomic E-state index is 0.186. The minimum atomic E-state index is -3.21. The third-order valence-corrected chi connectivity index (χ3v) is 4.23. The van der Waals surface area contributed by atoms with Crippen molar-refractivity contribution >= 4 is 10.0 Å². The molecule has 1 heterocycles. The van der Waals surface area contributed by atoms with Gasteiger partial charge in [0.05, 0.1) is 17.5 Å². The number of nitrogens with one attached hydrogen (secondary N) is 1. The van der Waals surface area contributed by atoms with Crippen LogP contribution in [0.5, 0.6) is 0 Å². The Morgan fingerprint density at radius 2 is 2.06 bits per heavy atom. The number of rotatable bonds is 7. The van der Waals surface area contributed by atoms with Gasteiger partial charge in [-0.3, -0.25) is 4.98 Å². The lowest BCUT2D eigenvalue weighted by Gasteiger charge is -2.17. The molecule has 18 heavy (non-hydrogen) atoms. The zero-order valence-electron chi connectivity index (χ0n) is 11.3. The highest BCUT2D eigenvalue weighted by Crippen LogP contribution is 2.16. The van der Waals surface area contributed by atoms with Crippen LogP contribution >= 0.6 is 0 Å². The second-order valence-corrected chi connectivity index (χ2v) is 6.33. The number of nitrogens with zero attached hydrogens (tertiary/aromatic N) is 1. The van der Waals surface area contributed by atoms with E-state index in [1.54, 1.807) is 0 Å². The molecular formula is C13H22N2O2S. The molecular weight excluding hydrogens is 248 g/mol. The van der Waals surface area contributed by atoms with E-state index in [0.717, 1.165) is 17.8 Å². The molecule has 102 valence electrons. The van der Waals surface area contributed by atoms with Crippen molar-refractivity contribution in [1.82, 2.24) is 9.71 Å². The van der Waals surface area contributed by atoms with Gasteiger partial charge in [-0.15, -0.1) is 0 Å². The summed E-state index contributed by atoms with van der Waals surface area (Å²) in [5, 5.41) is 0. The van der Waals surface area contributed by atoms with Crippen LogP contribution in [0.25, 0.3) is 0 Å². The van der Waals surface area contributed by atoms with Gasteiger partial charge in [0.15, 0.2) is 0 Å². The molecule has 0 radical (unpaired) electrons. The fourth-order valence-corrected chi connectivity index (χ4v) is 3.23. The van der Waals surface area contributed by atoms with Crippen molar-refractivity contribution in [2.24, 2.45) is 0 Å². The summed E-state index contributed by atoms with van der Waals surface area (Å²) < 4.78 is 26.5. The van der Waals surface area contributed by atoms with Crippen molar-refractivity contribution in [2.75, 3.05) is 5.75 Å². The van der Waals surface area contributed by atoms with Crippen LogP contribution in [0.2, 0.25) is 0 Å². The van der Waals surface area contributed by atoms with Crippen molar-refractivity contribution in [3.8, 4) is 0 Å². The standard InChI is InChI=1S/C13H22N2O2S/c1-4-6-10-18(16,17)15-12(5-2)13-9-7-8-11(3)14-13/h7-9,12,15H,4-6,10H2,1-3H3. The second kappa shape index (κ2) is 6.85. The molecule has 0 aliphatic heterocycles. The minimum Gasteiger partial charge on any atom is -0.256 e. The molecule has 1 unspecified atom stereocenters. The quantitative estimate of drug-likeness (QED) is 0.828. The molecule has 0 saturated heterocycles. The average molecular weight is 270 g/mol. The molecule has 0 spiro atoms. The van der Waals surface area contributed by atoms with Crippen LogP contribution in [0.4, 0.5) is 0 Å². The maximum absolute atomic E-state index is 11.9. The molecule has 0 saturated carbocycles. The van der Waals surface area contributed by atoms with Crippen LogP contribution < -0.4 is 4.72 Å². The molecule has 0 aromatic carbocycles. The molecule has 1 rings (SSSR count). The Morgan fingerprint density at radius 3 is 2.61 bits per heavy atom. The molecule has 1 N–H and O–H groups in total. The predicted octanol–water partition coefficient (Wildman–Crippen LogP) is 2.56. The molecule has 0 aliphatic carbocycles. The Balaban J connectivity index is 2.79. The lowest BCUT2D eigenvalue weighted by molar-refractivity contribution is 0.541. The van der Waals surface area contributed by atoms with E-state index in [1.165, 1.54) is 0 Å². The van der Waals surface area contributed by atoms with E-state index < -0.39 is 10.0 Å². The summed E-state index contributed by atoms with van der Waals surface area (Å²) in [7, 11) is -3.21. The van der Waals surface area contributed by atoms with E-state index in [-0.39, 0.29) is 11.8 Å². The van der Waals surface area contributed by atoms with Crippen LogP contribution in [-0.2, 0) is 10.0 Å². The topological polar surface area (TPSA) is 59.1 Å². The molecule has 1 aromatic rings. The van der Waals surface area contributed by atoms with Crippen LogP contribution in [-0.4, -0.2) is 19.2 Å². The van der Waals surface area contributed by atoms with Gasteiger partial charge >= 0.3 is 0 Å². The summed E-state index contributed by atoms with van der Waals surface area (Å²) in [6.07, 6.45) is 2.26. The molecule has 0 bridgehead atoms. The van der Waals surface area contributed by atoms with Gasteiger partial charge in [-0.2, -0.15) is 0 Å². The van der Waals surface area contributed by atoms with Gasteiger partial charge in [-0.1, -0.05) is 26.3 Å². The number of pyridine rings is 1. The zero-order valence-corrected chi connectivity index (χ0v) is 12.1. The maximum Gasteiger partial charge on any atom is 0.212 e. The first kappa shape index (κ1) is 15.1. The predicted molar refractivity (Wildman–Crippen MR) is 73.8 cm³/mol. The first-order valence-corrected chi connectivity index (χ1v) is 8.07. The first-order chi connectivity index (χ1) is 8.48. The SMILES string of the molecule is CCCCS(=O)(=O)NC(CC)c1cccc(C)n1. The number of aryl methyl sites for hydroxylation is 1. The van der Waals surface area contributed by atoms with Crippen LogP contribution in [0, 0.1) is 6.92 Å². The Labute approximate surface area is 110 Å². The van der Waals surface area contributed by atoms with Crippen LogP contribution in [0.15, 0.2) is 18.2 Å². The summed E-state index contributed by atoms with van der Waals surface area (Å²) in [5.74, 6) is 0.186. The van der Waals surface area contributed by atoms with Gasteiger partial charge in [0.2, 0.25) is 10.0 Å². The van der Waals surface area contributed by atoms with Gasteiger partial charge in [0, 0.05) is 5.69 Å². The third-order valence-electron chi connectivity index (χ3n) is 2.76. The van der Waals surface area contributed by atoms with Gasteiger partial charge in [0.25, 0.3) is 0 Å². The normalized spacial score (nSPS) is 13.5. The lowest BCUT2D eigenvalue weighted by Crippen LogP contribution is -2.31. The third kappa shape index (κ3) is 4.74. The summed E-state index contributed by atoms with van der Waals surface area (Å²) in [6, 6.07) is 5.44. The molecule has 0 fully saturated rings. The summed E-state index contributed by atoms with van der Waals surface area (Å²) in [4.78, 5) is 4.38. The molecule has 1 atom stereocenters. The molecule has 1 aromatic heterocycles. The second-order valence-electron chi connectivity index (χ2n) is 4.45. The van der Waals surface area contributed by atoms with Gasteiger partial charge < -0.3 is 0 Å². The lowest BCUT2D eigenvalue weighted by atomic mass is 10.1. The van der Waals surface area contributed by atoms with E-state index in [0.29, 0.717) is 12.8 Å². The van der Waals surface area contributed by atoms with E-state index in [4.69, 9.17) is 0 Å². The number of unbranched alkanes of at least 4 members (excludes halogenated alkanes) is 1. The summed E-state index contributed by atoms with van der Waals surface area (Å²) in [5.41, 5.74) is 1.69. The van der Waals surface area contributed by atoms with E-state index >= 15 is 0 Å². The van der Waals surface area contributed by atoms with Crippen molar-refractivity contribution in [1.29, 1.82) is 0 Å².